The highest BCUT2D eigenvalue weighted by Crippen LogP contribution is 2.12. The van der Waals surface area contributed by atoms with Gasteiger partial charge in [0.25, 0.3) is 0 Å². The minimum Gasteiger partial charge on any atom is -0.464 e. The molecule has 0 radical (unpaired) electrons. The van der Waals surface area contributed by atoms with Crippen molar-refractivity contribution in [1.29, 1.82) is 0 Å². The van der Waals surface area contributed by atoms with Gasteiger partial charge in [0.05, 0.1) is 20.8 Å². The van der Waals surface area contributed by atoms with Crippen LogP contribution in [0.5, 0.6) is 0 Å². The van der Waals surface area contributed by atoms with Crippen molar-refractivity contribution in [2.45, 2.75) is 6.54 Å². The first-order chi connectivity index (χ1) is 10.1. The molecular formula is C13H12FN3O4. The van der Waals surface area contributed by atoms with Crippen LogP contribution < -0.4 is 0 Å². The molecule has 2 rings (SSSR count). The summed E-state index contributed by atoms with van der Waals surface area (Å²) in [6.45, 7) is 0.134. The average Bonchev–Trinajstić information content (AvgIpc) is 2.91. The van der Waals surface area contributed by atoms with E-state index in [4.69, 9.17) is 0 Å². The normalized spacial score (nSPS) is 10.2. The maximum atomic E-state index is 12.9. The van der Waals surface area contributed by atoms with Gasteiger partial charge in [0.2, 0.25) is 5.69 Å². The van der Waals surface area contributed by atoms with E-state index in [1.54, 1.807) is 0 Å². The molecule has 110 valence electrons. The number of nitrogens with zero attached hydrogens (tertiary/aromatic N) is 3. The zero-order valence-corrected chi connectivity index (χ0v) is 11.4. The predicted molar refractivity (Wildman–Crippen MR) is 68.2 cm³/mol. The minimum absolute atomic E-state index is 0.117. The quantitative estimate of drug-likeness (QED) is 0.783. The predicted octanol–water partition coefficient (Wildman–Crippen LogP) is 1.04. The number of ether oxygens (including phenoxy) is 2. The molecule has 0 saturated heterocycles. The molecule has 0 bridgehead atoms. The summed E-state index contributed by atoms with van der Waals surface area (Å²) in [6.07, 6.45) is 0. The number of carbonyl (C=O) groups excluding carboxylic acids is 2. The fourth-order valence-electron chi connectivity index (χ4n) is 1.72. The van der Waals surface area contributed by atoms with E-state index in [0.717, 1.165) is 0 Å². The molecule has 0 aliphatic rings. The third-order valence-corrected chi connectivity index (χ3v) is 2.74. The Kier molecular flexibility index (Phi) is 4.27. The third-order valence-electron chi connectivity index (χ3n) is 2.74. The van der Waals surface area contributed by atoms with E-state index in [2.05, 4.69) is 19.8 Å². The number of carbonyl (C=O) groups is 2. The number of esters is 2. The van der Waals surface area contributed by atoms with Crippen LogP contribution in [0.3, 0.4) is 0 Å². The van der Waals surface area contributed by atoms with Gasteiger partial charge in [-0.1, -0.05) is 17.3 Å². The maximum absolute atomic E-state index is 12.9. The molecule has 0 aliphatic heterocycles. The van der Waals surface area contributed by atoms with Gasteiger partial charge in [0.1, 0.15) is 5.82 Å². The van der Waals surface area contributed by atoms with Crippen LogP contribution in [0.1, 0.15) is 26.5 Å². The van der Waals surface area contributed by atoms with E-state index >= 15 is 0 Å². The maximum Gasteiger partial charge on any atom is 0.361 e. The lowest BCUT2D eigenvalue weighted by molar-refractivity contribution is 0.0544. The second kappa shape index (κ2) is 6.12. The van der Waals surface area contributed by atoms with Crippen LogP contribution in [0.2, 0.25) is 0 Å². The summed E-state index contributed by atoms with van der Waals surface area (Å²) in [5, 5.41) is 7.38. The molecule has 0 amide bonds. The lowest BCUT2D eigenvalue weighted by atomic mass is 10.2. The smallest absolute Gasteiger partial charge is 0.361 e. The molecule has 21 heavy (non-hydrogen) atoms. The Hall–Kier alpha value is -2.77. The van der Waals surface area contributed by atoms with Crippen molar-refractivity contribution in [1.82, 2.24) is 15.0 Å². The fourth-order valence-corrected chi connectivity index (χ4v) is 1.72. The van der Waals surface area contributed by atoms with Crippen LogP contribution in [-0.4, -0.2) is 41.2 Å². The Morgan fingerprint density at radius 3 is 2.33 bits per heavy atom. The molecule has 1 aromatic heterocycles. The number of halogens is 1. The van der Waals surface area contributed by atoms with Crippen LogP contribution in [0.25, 0.3) is 0 Å². The molecule has 0 aliphatic carbocycles. The molecule has 8 heteroatoms. The minimum atomic E-state index is -0.791. The van der Waals surface area contributed by atoms with Crippen molar-refractivity contribution >= 4 is 11.9 Å². The van der Waals surface area contributed by atoms with Gasteiger partial charge in [-0.15, -0.1) is 5.10 Å². The van der Waals surface area contributed by atoms with Crippen LogP contribution in [0.4, 0.5) is 4.39 Å². The van der Waals surface area contributed by atoms with Gasteiger partial charge in [-0.25, -0.2) is 18.7 Å². The number of rotatable bonds is 4. The molecule has 1 aromatic carbocycles. The first-order valence-electron chi connectivity index (χ1n) is 5.91. The van der Waals surface area contributed by atoms with Crippen molar-refractivity contribution in [3.05, 3.63) is 47.0 Å². The molecule has 1 heterocycles. The van der Waals surface area contributed by atoms with E-state index in [0.29, 0.717) is 5.56 Å². The van der Waals surface area contributed by atoms with Crippen LogP contribution in [-0.2, 0) is 16.0 Å². The van der Waals surface area contributed by atoms with E-state index in [1.165, 1.54) is 43.2 Å². The fraction of sp³-hybridized carbons (Fsp3) is 0.231. The highest BCUT2D eigenvalue weighted by molar-refractivity contribution is 6.00. The Bertz CT molecular complexity index is 667. The zero-order valence-electron chi connectivity index (χ0n) is 11.4. The van der Waals surface area contributed by atoms with Crippen molar-refractivity contribution < 1.29 is 23.5 Å². The van der Waals surface area contributed by atoms with Crippen LogP contribution >= 0.6 is 0 Å². The molecule has 2 aromatic rings. The van der Waals surface area contributed by atoms with E-state index in [1.807, 2.05) is 0 Å². The molecule has 0 unspecified atom stereocenters. The second-order valence-electron chi connectivity index (χ2n) is 4.05. The summed E-state index contributed by atoms with van der Waals surface area (Å²) in [7, 11) is 2.35. The number of hydrogen-bond acceptors (Lipinski definition) is 6. The van der Waals surface area contributed by atoms with Gasteiger partial charge < -0.3 is 9.47 Å². The highest BCUT2D eigenvalue weighted by Gasteiger charge is 2.26. The van der Waals surface area contributed by atoms with Crippen LogP contribution in [0, 0.1) is 5.82 Å². The number of aromatic nitrogens is 3. The monoisotopic (exact) mass is 293 g/mol. The first-order valence-corrected chi connectivity index (χ1v) is 5.91. The van der Waals surface area contributed by atoms with Gasteiger partial charge in [0.15, 0.2) is 5.69 Å². The van der Waals surface area contributed by atoms with Crippen molar-refractivity contribution in [2.24, 2.45) is 0 Å². The van der Waals surface area contributed by atoms with E-state index in [-0.39, 0.29) is 23.7 Å². The molecule has 0 N–H and O–H groups in total. The van der Waals surface area contributed by atoms with Crippen molar-refractivity contribution in [3.8, 4) is 0 Å². The highest BCUT2D eigenvalue weighted by atomic mass is 19.1. The standard InChI is InChI=1S/C13H12FN3O4/c1-20-12(18)10-11(13(19)21-2)17(16-15-10)7-8-3-5-9(14)6-4-8/h3-6H,7H2,1-2H3. The Morgan fingerprint density at radius 1 is 1.14 bits per heavy atom. The Balaban J connectivity index is 2.39. The molecule has 0 fully saturated rings. The molecule has 0 spiro atoms. The molecule has 0 atom stereocenters. The topological polar surface area (TPSA) is 83.3 Å². The number of benzene rings is 1. The Labute approximate surface area is 119 Å². The van der Waals surface area contributed by atoms with Gasteiger partial charge in [0, 0.05) is 0 Å². The largest absolute Gasteiger partial charge is 0.464 e. The van der Waals surface area contributed by atoms with E-state index in [9.17, 15) is 14.0 Å². The summed E-state index contributed by atoms with van der Waals surface area (Å²) < 4.78 is 23.2. The van der Waals surface area contributed by atoms with E-state index < -0.39 is 11.9 Å². The lowest BCUT2D eigenvalue weighted by Gasteiger charge is -2.06. The molecule has 7 nitrogen and oxygen atoms in total. The summed E-state index contributed by atoms with van der Waals surface area (Å²) in [4.78, 5) is 23.4. The van der Waals surface area contributed by atoms with Gasteiger partial charge in [-0.3, -0.25) is 0 Å². The van der Waals surface area contributed by atoms with Gasteiger partial charge >= 0.3 is 11.9 Å². The number of methoxy groups -OCH3 is 2. The number of hydrogen-bond donors (Lipinski definition) is 0. The Morgan fingerprint density at radius 2 is 1.76 bits per heavy atom. The summed E-state index contributed by atoms with van der Waals surface area (Å²) in [5.74, 6) is -1.93. The first kappa shape index (κ1) is 14.6. The zero-order chi connectivity index (χ0) is 15.4. The van der Waals surface area contributed by atoms with Gasteiger partial charge in [-0.2, -0.15) is 0 Å². The van der Waals surface area contributed by atoms with Gasteiger partial charge in [-0.05, 0) is 17.7 Å². The molecular weight excluding hydrogens is 281 g/mol. The second-order valence-corrected chi connectivity index (χ2v) is 4.05. The van der Waals surface area contributed by atoms with Crippen LogP contribution in [0.15, 0.2) is 24.3 Å². The average molecular weight is 293 g/mol. The summed E-state index contributed by atoms with van der Waals surface area (Å²) >= 11 is 0. The SMILES string of the molecule is COC(=O)c1nnn(Cc2ccc(F)cc2)c1C(=O)OC. The molecule has 0 saturated carbocycles. The van der Waals surface area contributed by atoms with Crippen molar-refractivity contribution in [3.63, 3.8) is 0 Å². The van der Waals surface area contributed by atoms with Crippen molar-refractivity contribution in [2.75, 3.05) is 14.2 Å². The lowest BCUT2D eigenvalue weighted by Crippen LogP contribution is -2.17. The third kappa shape index (κ3) is 3.04. The summed E-state index contributed by atoms with van der Waals surface area (Å²) in [6, 6.07) is 5.64. The summed E-state index contributed by atoms with van der Waals surface area (Å²) in [5.41, 5.74) is 0.336.